The topological polar surface area (TPSA) is 53.3 Å². The largest absolute Gasteiger partial charge is 0.508 e. The highest BCUT2D eigenvalue weighted by Crippen LogP contribution is 2.44. The van der Waals surface area contributed by atoms with Gasteiger partial charge in [-0.15, -0.1) is 23.5 Å². The summed E-state index contributed by atoms with van der Waals surface area (Å²) in [7, 11) is 0. The first-order valence-corrected chi connectivity index (χ1v) is 8.58. The summed E-state index contributed by atoms with van der Waals surface area (Å²) in [6.45, 7) is 6.83. The zero-order valence-corrected chi connectivity index (χ0v) is 13.2. The first-order chi connectivity index (χ1) is 8.91. The molecule has 0 aromatic carbocycles. The van der Waals surface area contributed by atoms with Gasteiger partial charge >= 0.3 is 0 Å². The molecule has 0 bridgehead atoms. The van der Waals surface area contributed by atoms with Crippen molar-refractivity contribution in [2.24, 2.45) is 11.3 Å². The summed E-state index contributed by atoms with van der Waals surface area (Å²) in [4.78, 5) is 11.9. The lowest BCUT2D eigenvalue weighted by atomic mass is 9.83. The van der Waals surface area contributed by atoms with Crippen LogP contribution in [0.4, 0.5) is 0 Å². The normalized spacial score (nSPS) is 32.1. The predicted octanol–water partition coefficient (Wildman–Crippen LogP) is 1.99. The fraction of sp³-hybridized carbons (Fsp3) is 0.643. The Hall–Kier alpha value is -0.550. The van der Waals surface area contributed by atoms with Crippen molar-refractivity contribution < 1.29 is 9.91 Å². The summed E-state index contributed by atoms with van der Waals surface area (Å²) >= 11 is 3.70. The predicted molar refractivity (Wildman–Crippen MR) is 82.0 cm³/mol. The highest BCUT2D eigenvalue weighted by Gasteiger charge is 2.34. The minimum atomic E-state index is -0.241. The van der Waals surface area contributed by atoms with Crippen LogP contribution in [-0.4, -0.2) is 27.9 Å². The van der Waals surface area contributed by atoms with Crippen LogP contribution in [0, 0.1) is 11.3 Å². The summed E-state index contributed by atoms with van der Waals surface area (Å²) in [5, 5.41) is 2.19. The van der Waals surface area contributed by atoms with Crippen LogP contribution in [0.1, 0.15) is 20.8 Å². The van der Waals surface area contributed by atoms with Gasteiger partial charge in [0.15, 0.2) is 11.8 Å². The summed E-state index contributed by atoms with van der Waals surface area (Å²) in [5.41, 5.74) is 10.1. The van der Waals surface area contributed by atoms with Gasteiger partial charge in [-0.1, -0.05) is 20.8 Å². The lowest BCUT2D eigenvalue weighted by molar-refractivity contribution is -0.498. The van der Waals surface area contributed by atoms with Gasteiger partial charge in [0.25, 0.3) is 0 Å². The molecule has 1 heterocycles. The molecule has 2 rings (SSSR count). The second kappa shape index (κ2) is 5.83. The molecular weight excluding hydrogens is 276 g/mol. The van der Waals surface area contributed by atoms with Crippen molar-refractivity contribution in [1.29, 1.82) is 0 Å². The third-order valence-corrected chi connectivity index (χ3v) is 6.74. The molecule has 1 aliphatic heterocycles. The molecule has 19 heavy (non-hydrogen) atoms. The molecule has 104 valence electrons. The zero-order valence-electron chi connectivity index (χ0n) is 11.6. The van der Waals surface area contributed by atoms with Crippen LogP contribution in [0.5, 0.6) is 0 Å². The van der Waals surface area contributed by atoms with E-state index in [0.29, 0.717) is 11.3 Å². The molecule has 1 atom stereocenters. The number of hydrogen-bond acceptors (Lipinski definition) is 3. The third-order valence-electron chi connectivity index (χ3n) is 3.62. The molecule has 1 aliphatic carbocycles. The zero-order chi connectivity index (χ0) is 14.0. The summed E-state index contributed by atoms with van der Waals surface area (Å²) < 4.78 is 0.201. The maximum absolute atomic E-state index is 11.9. The lowest BCUT2D eigenvalue weighted by Crippen LogP contribution is -2.70. The van der Waals surface area contributed by atoms with E-state index in [1.165, 1.54) is 0 Å². The van der Waals surface area contributed by atoms with Gasteiger partial charge in [0.05, 0.1) is 4.58 Å². The van der Waals surface area contributed by atoms with Gasteiger partial charge in [-0.3, -0.25) is 4.79 Å². The third kappa shape index (κ3) is 3.51. The Kier molecular flexibility index (Phi) is 4.56. The van der Waals surface area contributed by atoms with Crippen LogP contribution in [0.15, 0.2) is 23.8 Å². The fourth-order valence-corrected chi connectivity index (χ4v) is 5.88. The molecule has 0 saturated carbocycles. The Morgan fingerprint density at radius 2 is 1.95 bits per heavy atom. The van der Waals surface area contributed by atoms with E-state index in [4.69, 9.17) is 5.53 Å². The Morgan fingerprint density at radius 1 is 1.32 bits per heavy atom. The summed E-state index contributed by atoms with van der Waals surface area (Å²) in [6.07, 6.45) is 5.08. The van der Waals surface area contributed by atoms with Gasteiger partial charge in [-0.05, 0) is 41.1 Å². The first-order valence-electron chi connectivity index (χ1n) is 6.49. The molecule has 1 N–H and O–H groups in total. The first kappa shape index (κ1) is 14.9. The number of carbonyl (C=O) groups excluding carboxylic acids is 1. The van der Waals surface area contributed by atoms with Gasteiger partial charge in [0.2, 0.25) is 0 Å². The van der Waals surface area contributed by atoms with E-state index in [0.717, 1.165) is 17.1 Å². The van der Waals surface area contributed by atoms with Crippen LogP contribution < -0.4 is 5.11 Å². The maximum Gasteiger partial charge on any atom is 0.183 e. The van der Waals surface area contributed by atoms with Crippen LogP contribution in [0.3, 0.4) is 0 Å². The van der Waals surface area contributed by atoms with E-state index < -0.39 is 0 Å². The number of allylic oxidation sites excluding steroid dienone is 1. The number of carbonyl (C=O) groups is 1. The van der Waals surface area contributed by atoms with Gasteiger partial charge in [0, 0.05) is 5.57 Å². The van der Waals surface area contributed by atoms with Crippen molar-refractivity contribution in [3.8, 4) is 0 Å². The van der Waals surface area contributed by atoms with Gasteiger partial charge < -0.3 is 10.6 Å². The molecule has 0 amide bonds. The smallest absolute Gasteiger partial charge is 0.183 e. The molecule has 0 spiro atoms. The minimum absolute atomic E-state index is 0.0747. The van der Waals surface area contributed by atoms with Gasteiger partial charge in [-0.2, -0.15) is 0 Å². The molecule has 1 saturated heterocycles. The highest BCUT2D eigenvalue weighted by atomic mass is 32.2. The second-order valence-corrected chi connectivity index (χ2v) is 8.64. The number of hydrogen-bond donors (Lipinski definition) is 1. The molecule has 1 fully saturated rings. The Morgan fingerprint density at radius 3 is 2.47 bits per heavy atom. The van der Waals surface area contributed by atoms with E-state index in [-0.39, 0.29) is 16.4 Å². The van der Waals surface area contributed by atoms with Crippen LogP contribution >= 0.6 is 23.5 Å². The number of nitrogens with zero attached hydrogens (tertiary/aromatic N) is 1. The summed E-state index contributed by atoms with van der Waals surface area (Å²) in [5.74, 6) is 2.94. The molecule has 2 aliphatic rings. The number of thioether (sulfide) groups is 2. The number of nitrogens with one attached hydrogen (secondary N) is 1. The van der Waals surface area contributed by atoms with E-state index in [9.17, 15) is 4.79 Å². The quantitative estimate of drug-likeness (QED) is 0.793. The highest BCUT2D eigenvalue weighted by molar-refractivity contribution is 8.17. The summed E-state index contributed by atoms with van der Waals surface area (Å²) in [6, 6.07) is -0.241. The van der Waals surface area contributed by atoms with E-state index in [1.807, 2.05) is 29.6 Å². The molecule has 0 radical (unpaired) electrons. The monoisotopic (exact) mass is 296 g/mol. The van der Waals surface area contributed by atoms with Crippen molar-refractivity contribution in [3.63, 3.8) is 0 Å². The van der Waals surface area contributed by atoms with E-state index in [2.05, 4.69) is 25.9 Å². The van der Waals surface area contributed by atoms with E-state index >= 15 is 0 Å². The Balaban J connectivity index is 2.03. The van der Waals surface area contributed by atoms with Crippen molar-refractivity contribution in [1.82, 2.24) is 0 Å². The molecular formula is C14H20N2OS2. The van der Waals surface area contributed by atoms with Crippen molar-refractivity contribution >= 4 is 29.3 Å². The fourth-order valence-electron chi connectivity index (χ4n) is 2.08. The molecule has 0 aromatic rings. The SMILES string of the molecule is CC(C)(C)C1CSC(C2=CC([NH+]=[N-])C=CC2=O)SC1. The maximum atomic E-state index is 11.9. The van der Waals surface area contributed by atoms with Gasteiger partial charge in [0.1, 0.15) is 0 Å². The van der Waals surface area contributed by atoms with Crippen molar-refractivity contribution in [2.75, 3.05) is 11.5 Å². The van der Waals surface area contributed by atoms with Crippen LogP contribution in [0.2, 0.25) is 0 Å². The average molecular weight is 296 g/mol. The molecule has 5 heteroatoms. The molecule has 3 nitrogen and oxygen atoms in total. The second-order valence-electron chi connectivity index (χ2n) is 6.06. The van der Waals surface area contributed by atoms with Crippen LogP contribution in [0.25, 0.3) is 5.53 Å². The average Bonchev–Trinajstić information content (AvgIpc) is 2.38. The van der Waals surface area contributed by atoms with E-state index in [1.54, 1.807) is 12.2 Å². The number of ketones is 1. The van der Waals surface area contributed by atoms with Crippen LogP contribution in [-0.2, 0) is 4.79 Å². The molecule has 0 aromatic heterocycles. The van der Waals surface area contributed by atoms with Crippen molar-refractivity contribution in [2.45, 2.75) is 31.4 Å². The number of rotatable bonds is 2. The Labute approximate surface area is 123 Å². The standard InChI is InChI=1S/C14H20N2OS2/c1-14(2,3)9-7-18-13(19-8-9)11-6-10(16-15)4-5-12(11)17/h4-6,9-10,13,16H,7-8H2,1-3H3. The Bertz CT molecular complexity index is 429. The van der Waals surface area contributed by atoms with Crippen molar-refractivity contribution in [3.05, 3.63) is 29.3 Å². The van der Waals surface area contributed by atoms with Gasteiger partial charge in [-0.25, -0.2) is 0 Å². The lowest BCUT2D eigenvalue weighted by Gasteiger charge is -2.36. The minimum Gasteiger partial charge on any atom is -0.508 e. The molecule has 1 unspecified atom stereocenters.